The normalized spacial score (nSPS) is 25.3. The fraction of sp³-hybridized carbons (Fsp3) is 0.520. The first kappa shape index (κ1) is 27.0. The molecule has 0 saturated carbocycles. The number of anilines is 1. The molecule has 1 unspecified atom stereocenters. The summed E-state index contributed by atoms with van der Waals surface area (Å²) in [5, 5.41) is 10.5. The van der Waals surface area contributed by atoms with Crippen LogP contribution in [-0.2, 0) is 33.4 Å². The molecule has 13 nitrogen and oxygen atoms in total. The number of hydrogen-bond acceptors (Lipinski definition) is 8. The maximum absolute atomic E-state index is 13.6. The molecule has 0 spiro atoms. The van der Waals surface area contributed by atoms with Crippen LogP contribution in [0.4, 0.5) is 5.69 Å². The summed E-state index contributed by atoms with van der Waals surface area (Å²) < 4.78 is 10.5. The van der Waals surface area contributed by atoms with Gasteiger partial charge >= 0.3 is 5.97 Å². The Bertz CT molecular complexity index is 1120. The maximum atomic E-state index is 13.6. The van der Waals surface area contributed by atoms with Crippen molar-refractivity contribution in [3.63, 3.8) is 0 Å². The Hall–Kier alpha value is -4.00. The van der Waals surface area contributed by atoms with Gasteiger partial charge in [-0.3, -0.25) is 33.8 Å². The number of fused-ring (bicyclic) bond motifs is 1. The smallest absolute Gasteiger partial charge is 0.310 e. The van der Waals surface area contributed by atoms with Crippen LogP contribution in [0, 0.1) is 0 Å². The summed E-state index contributed by atoms with van der Waals surface area (Å²) in [5.41, 5.74) is 0.782. The lowest BCUT2D eigenvalue weighted by atomic mass is 10.0. The first-order valence-corrected chi connectivity index (χ1v) is 12.6. The van der Waals surface area contributed by atoms with Gasteiger partial charge in [-0.05, 0) is 50.5 Å². The zero-order valence-electron chi connectivity index (χ0n) is 21.2. The van der Waals surface area contributed by atoms with Gasteiger partial charge in [0.25, 0.3) is 11.8 Å². The standard InChI is InChI=1S/C25H31N5O8/c1-3-37-25-18(13-21(33)38-25)28-23(35)19-5-4-12-29-20(32)11-10-17(24(36)30(19)29)27-22(34)15-6-8-16(9-7-15)26-14(2)31/h6-9,17-19,25H,3-5,10-13H2,1-2H3,(H,26,31)(H,27,34)(H,28,35)/t17-,18-,19-,25?/m0/s1. The highest BCUT2D eigenvalue weighted by Crippen LogP contribution is 2.26. The van der Waals surface area contributed by atoms with E-state index in [0.717, 1.165) is 5.01 Å². The van der Waals surface area contributed by atoms with Gasteiger partial charge in [-0.1, -0.05) is 0 Å². The number of amides is 5. The maximum Gasteiger partial charge on any atom is 0.310 e. The summed E-state index contributed by atoms with van der Waals surface area (Å²) in [6, 6.07) is 3.38. The van der Waals surface area contributed by atoms with Crippen molar-refractivity contribution in [1.29, 1.82) is 0 Å². The summed E-state index contributed by atoms with van der Waals surface area (Å²) in [6.07, 6.45) is -0.110. The lowest BCUT2D eigenvalue weighted by molar-refractivity contribution is -0.177. The highest BCUT2D eigenvalue weighted by Gasteiger charge is 2.46. The number of esters is 1. The van der Waals surface area contributed by atoms with Crippen molar-refractivity contribution < 1.29 is 38.2 Å². The van der Waals surface area contributed by atoms with E-state index < -0.39 is 48.1 Å². The molecule has 13 heteroatoms. The summed E-state index contributed by atoms with van der Waals surface area (Å²) in [7, 11) is 0. The third-order valence-electron chi connectivity index (χ3n) is 6.56. The molecule has 0 aliphatic carbocycles. The van der Waals surface area contributed by atoms with Crippen molar-refractivity contribution >= 4 is 41.2 Å². The number of nitrogens with zero attached hydrogens (tertiary/aromatic N) is 2. The molecule has 204 valence electrons. The van der Waals surface area contributed by atoms with Crippen LogP contribution in [0.5, 0.6) is 0 Å². The summed E-state index contributed by atoms with van der Waals surface area (Å²) in [4.78, 5) is 75.7. The Labute approximate surface area is 219 Å². The van der Waals surface area contributed by atoms with E-state index in [2.05, 4.69) is 16.0 Å². The molecule has 1 aromatic rings. The van der Waals surface area contributed by atoms with Crippen molar-refractivity contribution in [3.05, 3.63) is 29.8 Å². The fourth-order valence-corrected chi connectivity index (χ4v) is 4.80. The molecule has 3 heterocycles. The molecule has 38 heavy (non-hydrogen) atoms. The van der Waals surface area contributed by atoms with Gasteiger partial charge < -0.3 is 25.4 Å². The van der Waals surface area contributed by atoms with Crippen molar-refractivity contribution in [2.75, 3.05) is 18.5 Å². The van der Waals surface area contributed by atoms with Crippen LogP contribution in [-0.4, -0.2) is 83.1 Å². The van der Waals surface area contributed by atoms with Crippen LogP contribution in [0.3, 0.4) is 0 Å². The highest BCUT2D eigenvalue weighted by molar-refractivity contribution is 6.00. The minimum absolute atomic E-state index is 0.0143. The molecule has 0 bridgehead atoms. The van der Waals surface area contributed by atoms with Gasteiger partial charge in [0.1, 0.15) is 18.1 Å². The van der Waals surface area contributed by atoms with Crippen LogP contribution < -0.4 is 16.0 Å². The molecule has 3 fully saturated rings. The Kier molecular flexibility index (Phi) is 8.25. The molecule has 4 rings (SSSR count). The second kappa shape index (κ2) is 11.6. The van der Waals surface area contributed by atoms with Gasteiger partial charge in [-0.15, -0.1) is 0 Å². The molecule has 4 atom stereocenters. The first-order valence-electron chi connectivity index (χ1n) is 12.6. The summed E-state index contributed by atoms with van der Waals surface area (Å²) in [6.45, 7) is 3.65. The quantitative estimate of drug-likeness (QED) is 0.418. The SMILES string of the molecule is CCOC1OC(=O)C[C@@H]1NC(=O)[C@@H]1CCCN2C(=O)CC[C@H](NC(=O)c3ccc(NC(C)=O)cc3)C(=O)N12. The van der Waals surface area contributed by atoms with E-state index in [4.69, 9.17) is 9.47 Å². The molecule has 3 saturated heterocycles. The number of hydrogen-bond donors (Lipinski definition) is 3. The number of nitrogens with one attached hydrogen (secondary N) is 3. The number of carbonyl (C=O) groups is 6. The van der Waals surface area contributed by atoms with Crippen LogP contribution in [0.1, 0.15) is 56.3 Å². The van der Waals surface area contributed by atoms with Crippen molar-refractivity contribution in [2.45, 2.75) is 70.4 Å². The van der Waals surface area contributed by atoms with Crippen molar-refractivity contribution in [2.24, 2.45) is 0 Å². The number of hydrazine groups is 1. The van der Waals surface area contributed by atoms with Crippen molar-refractivity contribution in [1.82, 2.24) is 20.7 Å². The van der Waals surface area contributed by atoms with Gasteiger partial charge in [0.05, 0.1) is 6.42 Å². The van der Waals surface area contributed by atoms with Crippen LogP contribution >= 0.6 is 0 Å². The molecule has 1 aromatic carbocycles. The lowest BCUT2D eigenvalue weighted by Crippen LogP contribution is -2.64. The minimum Gasteiger partial charge on any atom is -0.433 e. The Balaban J connectivity index is 1.49. The second-order valence-corrected chi connectivity index (χ2v) is 9.31. The fourth-order valence-electron chi connectivity index (χ4n) is 4.80. The molecule has 3 aliphatic heterocycles. The van der Waals surface area contributed by atoms with Gasteiger partial charge in [-0.25, -0.2) is 5.01 Å². The number of carbonyl (C=O) groups excluding carboxylic acids is 6. The zero-order chi connectivity index (χ0) is 27.4. The predicted molar refractivity (Wildman–Crippen MR) is 131 cm³/mol. The van der Waals surface area contributed by atoms with E-state index in [1.165, 1.54) is 24.1 Å². The third-order valence-corrected chi connectivity index (χ3v) is 6.56. The third kappa shape index (κ3) is 5.93. The van der Waals surface area contributed by atoms with Gasteiger partial charge in [0.15, 0.2) is 0 Å². The molecule has 3 aliphatic rings. The van der Waals surface area contributed by atoms with E-state index in [-0.39, 0.29) is 49.8 Å². The predicted octanol–water partition coefficient (Wildman–Crippen LogP) is 0.0661. The molecular weight excluding hydrogens is 498 g/mol. The number of ether oxygens (including phenoxy) is 2. The Morgan fingerprint density at radius 3 is 2.50 bits per heavy atom. The molecule has 0 aromatic heterocycles. The Morgan fingerprint density at radius 1 is 1.08 bits per heavy atom. The molecular formula is C25H31N5O8. The van der Waals surface area contributed by atoms with Gasteiger partial charge in [-0.2, -0.15) is 0 Å². The number of benzene rings is 1. The largest absolute Gasteiger partial charge is 0.433 e. The lowest BCUT2D eigenvalue weighted by Gasteiger charge is -2.43. The average Bonchev–Trinajstić information content (AvgIpc) is 3.17. The molecule has 0 radical (unpaired) electrons. The van der Waals surface area contributed by atoms with Crippen LogP contribution in [0.25, 0.3) is 0 Å². The van der Waals surface area contributed by atoms with Gasteiger partial charge in [0.2, 0.25) is 24.0 Å². The molecule has 5 amide bonds. The summed E-state index contributed by atoms with van der Waals surface area (Å²) >= 11 is 0. The topological polar surface area (TPSA) is 163 Å². The first-order chi connectivity index (χ1) is 18.2. The van der Waals surface area contributed by atoms with Crippen molar-refractivity contribution in [3.8, 4) is 0 Å². The average molecular weight is 530 g/mol. The Morgan fingerprint density at radius 2 is 1.82 bits per heavy atom. The van der Waals surface area contributed by atoms with Crippen LogP contribution in [0.2, 0.25) is 0 Å². The van der Waals surface area contributed by atoms with E-state index in [9.17, 15) is 28.8 Å². The van der Waals surface area contributed by atoms with E-state index in [0.29, 0.717) is 18.5 Å². The second-order valence-electron chi connectivity index (χ2n) is 9.31. The van der Waals surface area contributed by atoms with E-state index in [1.807, 2.05) is 0 Å². The van der Waals surface area contributed by atoms with E-state index in [1.54, 1.807) is 19.1 Å². The number of cyclic esters (lactones) is 1. The minimum atomic E-state index is -1.03. The van der Waals surface area contributed by atoms with Gasteiger partial charge in [0, 0.05) is 37.7 Å². The molecule has 3 N–H and O–H groups in total. The number of rotatable bonds is 7. The van der Waals surface area contributed by atoms with Crippen LogP contribution in [0.15, 0.2) is 24.3 Å². The summed E-state index contributed by atoms with van der Waals surface area (Å²) in [5.74, 6) is -2.71. The monoisotopic (exact) mass is 529 g/mol. The zero-order valence-corrected chi connectivity index (χ0v) is 21.2. The highest BCUT2D eigenvalue weighted by atomic mass is 16.7. The van der Waals surface area contributed by atoms with E-state index >= 15 is 0 Å².